The van der Waals surface area contributed by atoms with Crippen LogP contribution in [0.25, 0.3) is 0 Å². The molecule has 0 spiro atoms. The van der Waals surface area contributed by atoms with Crippen molar-refractivity contribution in [2.75, 3.05) is 6.54 Å². The molecule has 0 bridgehead atoms. The molecule has 0 aromatic rings. The maximum Gasteiger partial charge on any atom is 0.326 e. The first-order valence-corrected chi connectivity index (χ1v) is 6.48. The molecular formula is C13H24N2O3. The number of nitrogens with two attached hydrogens (primary N) is 1. The molecule has 1 aliphatic rings. The van der Waals surface area contributed by atoms with Crippen LogP contribution in [-0.2, 0) is 9.59 Å². The van der Waals surface area contributed by atoms with Crippen molar-refractivity contribution in [2.45, 2.75) is 46.1 Å². The lowest BCUT2D eigenvalue weighted by Crippen LogP contribution is -2.47. The van der Waals surface area contributed by atoms with Gasteiger partial charge in [0.2, 0.25) is 5.91 Å². The number of amides is 1. The Morgan fingerprint density at radius 3 is 2.28 bits per heavy atom. The number of hydrogen-bond donors (Lipinski definition) is 3. The molecule has 4 N–H and O–H groups in total. The van der Waals surface area contributed by atoms with E-state index in [0.29, 0.717) is 6.42 Å². The maximum absolute atomic E-state index is 12.0. The molecule has 18 heavy (non-hydrogen) atoms. The van der Waals surface area contributed by atoms with Crippen LogP contribution in [0.3, 0.4) is 0 Å². The first-order chi connectivity index (χ1) is 8.24. The molecule has 5 heteroatoms. The average molecular weight is 256 g/mol. The minimum Gasteiger partial charge on any atom is -0.480 e. The lowest BCUT2D eigenvalue weighted by molar-refractivity contribution is -0.143. The monoisotopic (exact) mass is 256 g/mol. The van der Waals surface area contributed by atoms with Gasteiger partial charge in [-0.1, -0.05) is 20.8 Å². The first kappa shape index (κ1) is 15.0. The van der Waals surface area contributed by atoms with Crippen molar-refractivity contribution < 1.29 is 14.7 Å². The largest absolute Gasteiger partial charge is 0.480 e. The molecule has 2 atom stereocenters. The number of carbonyl (C=O) groups is 2. The highest BCUT2D eigenvalue weighted by atomic mass is 16.4. The number of hydrogen-bond acceptors (Lipinski definition) is 3. The van der Waals surface area contributed by atoms with E-state index in [1.165, 1.54) is 0 Å². The molecule has 0 heterocycles. The molecule has 1 amide bonds. The Balaban J connectivity index is 2.58. The fourth-order valence-electron chi connectivity index (χ4n) is 2.10. The summed E-state index contributed by atoms with van der Waals surface area (Å²) in [4.78, 5) is 23.1. The third-order valence-electron chi connectivity index (χ3n) is 3.17. The summed E-state index contributed by atoms with van der Waals surface area (Å²) in [6.07, 6.45) is 2.42. The van der Waals surface area contributed by atoms with Gasteiger partial charge in [0, 0.05) is 6.54 Å². The minimum atomic E-state index is -0.947. The number of rotatable bonds is 6. The van der Waals surface area contributed by atoms with Crippen molar-refractivity contribution >= 4 is 11.9 Å². The Hall–Kier alpha value is -1.10. The fourth-order valence-corrected chi connectivity index (χ4v) is 2.10. The molecule has 1 fully saturated rings. The van der Waals surface area contributed by atoms with Crippen LogP contribution in [0.15, 0.2) is 0 Å². The van der Waals surface area contributed by atoms with Crippen LogP contribution in [0, 0.1) is 17.3 Å². The van der Waals surface area contributed by atoms with Crippen LogP contribution in [0.2, 0.25) is 0 Å². The molecule has 5 nitrogen and oxygen atoms in total. The third kappa shape index (κ3) is 4.64. The van der Waals surface area contributed by atoms with Gasteiger partial charge in [0.1, 0.15) is 6.04 Å². The predicted octanol–water partition coefficient (Wildman–Crippen LogP) is 0.977. The molecule has 1 aliphatic carbocycles. The molecule has 0 saturated heterocycles. The van der Waals surface area contributed by atoms with Gasteiger partial charge in [-0.25, -0.2) is 4.79 Å². The van der Waals surface area contributed by atoms with E-state index in [0.717, 1.165) is 12.8 Å². The van der Waals surface area contributed by atoms with Crippen molar-refractivity contribution in [1.29, 1.82) is 0 Å². The number of nitrogens with one attached hydrogen (secondary N) is 1. The van der Waals surface area contributed by atoms with Crippen LogP contribution >= 0.6 is 0 Å². The second-order valence-corrected chi connectivity index (χ2v) is 6.36. The first-order valence-electron chi connectivity index (χ1n) is 6.48. The quantitative estimate of drug-likeness (QED) is 0.660. The van der Waals surface area contributed by atoms with Gasteiger partial charge >= 0.3 is 5.97 Å². The lowest BCUT2D eigenvalue weighted by Gasteiger charge is -2.25. The Kier molecular flexibility index (Phi) is 4.73. The molecule has 0 radical (unpaired) electrons. The summed E-state index contributed by atoms with van der Waals surface area (Å²) < 4.78 is 0. The standard InChI is InChI=1S/C13H24N2O3/c1-13(2,3)6-9(7-14)11(16)15-10(12(17)18)8-4-5-8/h8-10H,4-7,14H2,1-3H3,(H,15,16)(H,17,18). The van der Waals surface area contributed by atoms with Crippen molar-refractivity contribution in [3.63, 3.8) is 0 Å². The zero-order valence-corrected chi connectivity index (χ0v) is 11.4. The Bertz CT molecular complexity index is 319. The summed E-state index contributed by atoms with van der Waals surface area (Å²) in [6, 6.07) is -0.744. The number of carboxylic acid groups (broad SMARTS) is 1. The van der Waals surface area contributed by atoms with Gasteiger partial charge in [0.15, 0.2) is 0 Å². The molecule has 104 valence electrons. The summed E-state index contributed by atoms with van der Waals surface area (Å²) in [6.45, 7) is 6.37. The van der Waals surface area contributed by atoms with E-state index in [1.54, 1.807) is 0 Å². The van der Waals surface area contributed by atoms with Crippen LogP contribution in [0.5, 0.6) is 0 Å². The third-order valence-corrected chi connectivity index (χ3v) is 3.17. The topological polar surface area (TPSA) is 92.4 Å². The lowest BCUT2D eigenvalue weighted by atomic mass is 9.84. The predicted molar refractivity (Wildman–Crippen MR) is 68.9 cm³/mol. The van der Waals surface area contributed by atoms with Crippen molar-refractivity contribution in [3.8, 4) is 0 Å². The highest BCUT2D eigenvalue weighted by Gasteiger charge is 2.38. The Labute approximate surface area is 108 Å². The SMILES string of the molecule is CC(C)(C)CC(CN)C(=O)NC(C(=O)O)C1CC1. The summed E-state index contributed by atoms with van der Waals surface area (Å²) in [5, 5.41) is 11.7. The second-order valence-electron chi connectivity index (χ2n) is 6.36. The van der Waals surface area contributed by atoms with Gasteiger partial charge in [-0.05, 0) is 30.6 Å². The number of carbonyl (C=O) groups excluding carboxylic acids is 1. The molecule has 1 rings (SSSR count). The highest BCUT2D eigenvalue weighted by Crippen LogP contribution is 2.33. The van der Waals surface area contributed by atoms with E-state index >= 15 is 0 Å². The molecule has 0 aromatic heterocycles. The van der Waals surface area contributed by atoms with Gasteiger partial charge in [-0.2, -0.15) is 0 Å². The summed E-state index contributed by atoms with van der Waals surface area (Å²) in [7, 11) is 0. The second kappa shape index (κ2) is 5.69. The smallest absolute Gasteiger partial charge is 0.326 e. The van der Waals surface area contributed by atoms with E-state index in [2.05, 4.69) is 5.32 Å². The van der Waals surface area contributed by atoms with Crippen molar-refractivity contribution in [3.05, 3.63) is 0 Å². The molecule has 0 aromatic carbocycles. The van der Waals surface area contributed by atoms with E-state index < -0.39 is 12.0 Å². The highest BCUT2D eigenvalue weighted by molar-refractivity contribution is 5.85. The summed E-state index contributed by atoms with van der Waals surface area (Å²) in [5.74, 6) is -1.39. The van der Waals surface area contributed by atoms with E-state index in [1.807, 2.05) is 20.8 Å². The van der Waals surface area contributed by atoms with Gasteiger partial charge in [-0.3, -0.25) is 4.79 Å². The average Bonchev–Trinajstić information content (AvgIpc) is 3.04. The van der Waals surface area contributed by atoms with Gasteiger partial charge in [0.25, 0.3) is 0 Å². The van der Waals surface area contributed by atoms with Crippen molar-refractivity contribution in [1.82, 2.24) is 5.32 Å². The van der Waals surface area contributed by atoms with Crippen LogP contribution in [-0.4, -0.2) is 29.6 Å². The number of carboxylic acids is 1. The molecular weight excluding hydrogens is 232 g/mol. The maximum atomic E-state index is 12.0. The molecule has 1 saturated carbocycles. The van der Waals surface area contributed by atoms with Crippen LogP contribution in [0.4, 0.5) is 0 Å². The van der Waals surface area contributed by atoms with E-state index in [4.69, 9.17) is 10.8 Å². The minimum absolute atomic E-state index is 0.000320. The zero-order chi connectivity index (χ0) is 13.9. The Morgan fingerprint density at radius 2 is 1.94 bits per heavy atom. The molecule has 2 unspecified atom stereocenters. The zero-order valence-electron chi connectivity index (χ0n) is 11.4. The van der Waals surface area contributed by atoms with Crippen molar-refractivity contribution in [2.24, 2.45) is 23.0 Å². The Morgan fingerprint density at radius 1 is 1.39 bits per heavy atom. The van der Waals surface area contributed by atoms with E-state index in [9.17, 15) is 9.59 Å². The summed E-state index contributed by atoms with van der Waals surface area (Å²) in [5.41, 5.74) is 5.62. The van der Waals surface area contributed by atoms with Crippen LogP contribution in [0.1, 0.15) is 40.0 Å². The molecule has 0 aliphatic heterocycles. The normalized spacial score (nSPS) is 19.1. The number of aliphatic carboxylic acids is 1. The van der Waals surface area contributed by atoms with Gasteiger partial charge < -0.3 is 16.2 Å². The van der Waals surface area contributed by atoms with Crippen LogP contribution < -0.4 is 11.1 Å². The van der Waals surface area contributed by atoms with Gasteiger partial charge in [-0.15, -0.1) is 0 Å². The van der Waals surface area contributed by atoms with Gasteiger partial charge in [0.05, 0.1) is 5.92 Å². The van der Waals surface area contributed by atoms with E-state index in [-0.39, 0.29) is 29.7 Å². The summed E-state index contributed by atoms with van der Waals surface area (Å²) >= 11 is 0. The fraction of sp³-hybridized carbons (Fsp3) is 0.846.